The topological polar surface area (TPSA) is 137 Å². The van der Waals surface area contributed by atoms with Crippen molar-refractivity contribution >= 4 is 49.8 Å². The van der Waals surface area contributed by atoms with Crippen LogP contribution in [-0.2, 0) is 10.1 Å². The van der Waals surface area contributed by atoms with Gasteiger partial charge in [0.1, 0.15) is 16.9 Å². The first-order chi connectivity index (χ1) is 12.7. The van der Waals surface area contributed by atoms with Crippen LogP contribution in [0.15, 0.2) is 63.7 Å². The quantitative estimate of drug-likeness (QED) is 0.429. The maximum absolute atomic E-state index is 11.4. The molecule has 3 N–H and O–H groups in total. The van der Waals surface area contributed by atoms with Crippen LogP contribution in [0, 0.1) is 0 Å². The van der Waals surface area contributed by atoms with Crippen LogP contribution in [-0.4, -0.2) is 29.2 Å². The smallest absolute Gasteiger partial charge is 0.339 e. The number of phenols is 1. The van der Waals surface area contributed by atoms with Gasteiger partial charge < -0.3 is 10.2 Å². The summed E-state index contributed by atoms with van der Waals surface area (Å²) in [4.78, 5) is 10.9. The van der Waals surface area contributed by atoms with E-state index < -0.39 is 26.7 Å². The number of nitrogens with zero attached hydrogens (tertiary/aromatic N) is 2. The lowest BCUT2D eigenvalue weighted by Gasteiger charge is -2.08. The highest BCUT2D eigenvalue weighted by Crippen LogP contribution is 2.40. The molecule has 0 fully saturated rings. The molecule has 10 heteroatoms. The van der Waals surface area contributed by atoms with Crippen LogP contribution in [0.25, 0.3) is 10.8 Å². The van der Waals surface area contributed by atoms with Crippen molar-refractivity contribution in [2.24, 2.45) is 10.2 Å². The highest BCUT2D eigenvalue weighted by molar-refractivity contribution is 7.85. The van der Waals surface area contributed by atoms with Gasteiger partial charge in [-0.1, -0.05) is 35.9 Å². The first-order valence-corrected chi connectivity index (χ1v) is 9.17. The number of fused-ring (bicyclic) bond motifs is 1. The fourth-order valence-electron chi connectivity index (χ4n) is 2.42. The van der Waals surface area contributed by atoms with Crippen LogP contribution in [0.2, 0.25) is 5.02 Å². The van der Waals surface area contributed by atoms with E-state index in [9.17, 15) is 23.4 Å². The molecule has 0 heterocycles. The van der Waals surface area contributed by atoms with Gasteiger partial charge in [0.05, 0.1) is 9.92 Å². The monoisotopic (exact) mass is 406 g/mol. The van der Waals surface area contributed by atoms with Gasteiger partial charge >= 0.3 is 5.97 Å². The summed E-state index contributed by atoms with van der Waals surface area (Å²) < 4.78 is 31.6. The molecule has 27 heavy (non-hydrogen) atoms. The number of hydrogen-bond acceptors (Lipinski definition) is 6. The predicted octanol–water partition coefficient (Wildman–Crippen LogP) is 4.56. The zero-order valence-corrected chi connectivity index (χ0v) is 14.9. The standard InChI is InChI=1S/C17H11ClN2O6S/c18-13-6-5-10(27(24,25)26)8-14(13)19-20-15-11-4-2-1-3-9(11)7-12(16(15)21)17(22)23/h1-8,21H,(H,22,23)(H,24,25,26). The first kappa shape index (κ1) is 18.8. The van der Waals surface area contributed by atoms with Crippen molar-refractivity contribution < 1.29 is 28.0 Å². The summed E-state index contributed by atoms with van der Waals surface area (Å²) in [5.74, 6) is -1.94. The third-order valence-electron chi connectivity index (χ3n) is 3.70. The summed E-state index contributed by atoms with van der Waals surface area (Å²) in [5.41, 5.74) is -0.560. The molecule has 0 aliphatic carbocycles. The Bertz CT molecular complexity index is 1210. The van der Waals surface area contributed by atoms with Crippen LogP contribution in [0.5, 0.6) is 5.75 Å². The second-order valence-corrected chi connectivity index (χ2v) is 7.26. The van der Waals surface area contributed by atoms with Gasteiger partial charge in [-0.2, -0.15) is 8.42 Å². The van der Waals surface area contributed by atoms with Crippen LogP contribution >= 0.6 is 11.6 Å². The number of benzene rings is 3. The maximum Gasteiger partial charge on any atom is 0.339 e. The first-order valence-electron chi connectivity index (χ1n) is 7.35. The Kier molecular flexibility index (Phi) is 4.83. The SMILES string of the molecule is O=C(O)c1cc2ccccc2c(N=Nc2cc(S(=O)(=O)O)ccc2Cl)c1O. The molecule has 0 saturated carbocycles. The second-order valence-electron chi connectivity index (χ2n) is 5.44. The number of halogens is 1. The lowest BCUT2D eigenvalue weighted by atomic mass is 10.0. The molecule has 0 amide bonds. The third-order valence-corrected chi connectivity index (χ3v) is 4.87. The number of carboxylic acids is 1. The Morgan fingerprint density at radius 1 is 1.04 bits per heavy atom. The number of azo groups is 1. The van der Waals surface area contributed by atoms with Crippen LogP contribution in [0.3, 0.4) is 0 Å². The zero-order valence-electron chi connectivity index (χ0n) is 13.4. The number of aromatic carboxylic acids is 1. The molecule has 0 aromatic heterocycles. The molecular weight excluding hydrogens is 396 g/mol. The summed E-state index contributed by atoms with van der Waals surface area (Å²) in [7, 11) is -4.47. The molecule has 138 valence electrons. The summed E-state index contributed by atoms with van der Waals surface area (Å²) >= 11 is 5.97. The van der Waals surface area contributed by atoms with Crippen molar-refractivity contribution in [3.05, 3.63) is 59.1 Å². The summed E-state index contributed by atoms with van der Waals surface area (Å²) in [6.07, 6.45) is 0. The molecule has 0 aliphatic rings. The van der Waals surface area contributed by atoms with E-state index >= 15 is 0 Å². The van der Waals surface area contributed by atoms with E-state index in [1.807, 2.05) is 0 Å². The molecule has 3 aromatic carbocycles. The van der Waals surface area contributed by atoms with E-state index in [0.717, 1.165) is 12.1 Å². The third kappa shape index (κ3) is 3.75. The molecule has 0 radical (unpaired) electrons. The van der Waals surface area contributed by atoms with Gasteiger partial charge in [0.2, 0.25) is 0 Å². The predicted molar refractivity (Wildman–Crippen MR) is 98.0 cm³/mol. The molecule has 0 atom stereocenters. The van der Waals surface area contributed by atoms with Crippen LogP contribution in [0.1, 0.15) is 10.4 Å². The normalized spacial score (nSPS) is 11.9. The molecule has 0 aliphatic heterocycles. The zero-order chi connectivity index (χ0) is 19.8. The second kappa shape index (κ2) is 6.95. The van der Waals surface area contributed by atoms with Gasteiger partial charge in [0.15, 0.2) is 5.75 Å². The van der Waals surface area contributed by atoms with E-state index in [1.54, 1.807) is 24.3 Å². The largest absolute Gasteiger partial charge is 0.505 e. The Morgan fingerprint density at radius 2 is 1.74 bits per heavy atom. The van der Waals surface area contributed by atoms with Gasteiger partial charge in [-0.15, -0.1) is 10.2 Å². The van der Waals surface area contributed by atoms with Gasteiger partial charge in [-0.25, -0.2) is 4.79 Å². The van der Waals surface area contributed by atoms with E-state index in [-0.39, 0.29) is 22.0 Å². The molecule has 3 rings (SSSR count). The highest BCUT2D eigenvalue weighted by atomic mass is 35.5. The number of hydrogen-bond donors (Lipinski definition) is 3. The fourth-order valence-corrected chi connectivity index (χ4v) is 3.07. The van der Waals surface area contributed by atoms with E-state index in [2.05, 4.69) is 10.2 Å². The molecular formula is C17H11ClN2O6S. The minimum Gasteiger partial charge on any atom is -0.505 e. The van der Waals surface area contributed by atoms with Crippen LogP contribution in [0.4, 0.5) is 11.4 Å². The Hall–Kier alpha value is -3.01. The summed E-state index contributed by atoms with van der Waals surface area (Å²) in [5, 5.41) is 28.2. The van der Waals surface area contributed by atoms with Crippen molar-refractivity contribution in [1.29, 1.82) is 0 Å². The Balaban J connectivity index is 2.20. The molecule has 8 nitrogen and oxygen atoms in total. The lowest BCUT2D eigenvalue weighted by Crippen LogP contribution is -1.97. The van der Waals surface area contributed by atoms with Gasteiger partial charge in [-0.3, -0.25) is 4.55 Å². The average molecular weight is 407 g/mol. The van der Waals surface area contributed by atoms with Crippen molar-refractivity contribution in [3.63, 3.8) is 0 Å². The number of aromatic hydroxyl groups is 1. The maximum atomic E-state index is 11.4. The van der Waals surface area contributed by atoms with Gasteiger partial charge in [-0.05, 0) is 29.7 Å². The Labute approximate surface area is 158 Å². The van der Waals surface area contributed by atoms with Gasteiger partial charge in [0.25, 0.3) is 10.1 Å². The molecule has 0 unspecified atom stereocenters. The van der Waals surface area contributed by atoms with Gasteiger partial charge in [0, 0.05) is 5.39 Å². The average Bonchev–Trinajstić information content (AvgIpc) is 2.60. The van der Waals surface area contributed by atoms with E-state index in [4.69, 9.17) is 16.2 Å². The lowest BCUT2D eigenvalue weighted by molar-refractivity contribution is 0.0694. The number of rotatable bonds is 4. The fraction of sp³-hybridized carbons (Fsp3) is 0. The summed E-state index contributed by atoms with van der Waals surface area (Å²) in [6.45, 7) is 0. The van der Waals surface area contributed by atoms with Crippen molar-refractivity contribution in [2.45, 2.75) is 4.90 Å². The number of carbonyl (C=O) groups is 1. The minimum absolute atomic E-state index is 0.0457. The minimum atomic E-state index is -4.47. The van der Waals surface area contributed by atoms with Crippen molar-refractivity contribution in [1.82, 2.24) is 0 Å². The van der Waals surface area contributed by atoms with E-state index in [0.29, 0.717) is 10.8 Å². The molecule has 0 spiro atoms. The summed E-state index contributed by atoms with van der Waals surface area (Å²) in [6, 6.07) is 11.2. The Morgan fingerprint density at radius 3 is 2.41 bits per heavy atom. The molecule has 3 aromatic rings. The highest BCUT2D eigenvalue weighted by Gasteiger charge is 2.18. The van der Waals surface area contributed by atoms with E-state index in [1.165, 1.54) is 12.1 Å². The molecule has 0 saturated heterocycles. The van der Waals surface area contributed by atoms with Crippen LogP contribution < -0.4 is 0 Å². The number of carboxylic acid groups (broad SMARTS) is 1. The van der Waals surface area contributed by atoms with Crippen molar-refractivity contribution in [3.8, 4) is 5.75 Å². The molecule has 0 bridgehead atoms. The van der Waals surface area contributed by atoms with Crippen molar-refractivity contribution in [2.75, 3.05) is 0 Å².